The van der Waals surface area contributed by atoms with Crippen LogP contribution in [0.25, 0.3) is 0 Å². The third-order valence-electron chi connectivity index (χ3n) is 3.02. The lowest BCUT2D eigenvalue weighted by molar-refractivity contribution is -0.128. The number of benzene rings is 1. The van der Waals surface area contributed by atoms with Gasteiger partial charge in [-0.3, -0.25) is 9.89 Å². The number of amides is 1. The van der Waals surface area contributed by atoms with Gasteiger partial charge in [-0.1, -0.05) is 55.9 Å². The lowest BCUT2D eigenvalue weighted by Gasteiger charge is -2.19. The Labute approximate surface area is 129 Å². The van der Waals surface area contributed by atoms with Gasteiger partial charge in [-0.05, 0) is 5.56 Å². The molecule has 5 nitrogen and oxygen atoms in total. The zero-order valence-electron chi connectivity index (χ0n) is 12.7. The van der Waals surface area contributed by atoms with E-state index in [-0.39, 0.29) is 17.1 Å². The van der Waals surface area contributed by atoms with Crippen LogP contribution in [0.2, 0.25) is 0 Å². The second kappa shape index (κ2) is 6.76. The molecular formula is C15H20N4OS. The van der Waals surface area contributed by atoms with Gasteiger partial charge >= 0.3 is 0 Å². The van der Waals surface area contributed by atoms with Gasteiger partial charge < -0.3 is 4.90 Å². The number of aromatic nitrogens is 3. The number of H-pyrrole nitrogens is 1. The molecule has 1 amide bonds. The van der Waals surface area contributed by atoms with Gasteiger partial charge in [-0.2, -0.15) is 0 Å². The van der Waals surface area contributed by atoms with E-state index in [4.69, 9.17) is 0 Å². The van der Waals surface area contributed by atoms with Gasteiger partial charge in [-0.15, -0.1) is 5.10 Å². The Balaban J connectivity index is 2.25. The molecule has 0 saturated heterocycles. The van der Waals surface area contributed by atoms with Gasteiger partial charge in [0.1, 0.15) is 11.1 Å². The van der Waals surface area contributed by atoms with Crippen LogP contribution in [0.5, 0.6) is 0 Å². The molecule has 0 aliphatic rings. The summed E-state index contributed by atoms with van der Waals surface area (Å²) < 4.78 is 0. The van der Waals surface area contributed by atoms with Crippen LogP contribution in [0.4, 0.5) is 0 Å². The lowest BCUT2D eigenvalue weighted by Crippen LogP contribution is -2.26. The molecule has 2 aromatic rings. The summed E-state index contributed by atoms with van der Waals surface area (Å²) in [5.74, 6) is 1.15. The fourth-order valence-corrected chi connectivity index (χ4v) is 2.86. The highest BCUT2D eigenvalue weighted by molar-refractivity contribution is 8.00. The average Bonchev–Trinajstić information content (AvgIpc) is 2.93. The number of likely N-dealkylation sites (N-methyl/N-ethyl adjacent to an activating group) is 1. The predicted octanol–water partition coefficient (Wildman–Crippen LogP) is 2.85. The molecule has 0 aliphatic carbocycles. The minimum absolute atomic E-state index is 0.0297. The van der Waals surface area contributed by atoms with Crippen molar-refractivity contribution in [1.82, 2.24) is 20.1 Å². The first kappa shape index (κ1) is 15.6. The van der Waals surface area contributed by atoms with Gasteiger partial charge in [0.2, 0.25) is 11.1 Å². The summed E-state index contributed by atoms with van der Waals surface area (Å²) in [6.07, 6.45) is 0. The van der Waals surface area contributed by atoms with Crippen LogP contribution in [0.3, 0.4) is 0 Å². The van der Waals surface area contributed by atoms with E-state index in [1.165, 1.54) is 11.8 Å². The molecule has 0 aliphatic heterocycles. The van der Waals surface area contributed by atoms with Gasteiger partial charge in [0, 0.05) is 20.0 Å². The highest BCUT2D eigenvalue weighted by Gasteiger charge is 2.25. The zero-order chi connectivity index (χ0) is 15.4. The van der Waals surface area contributed by atoms with Gasteiger partial charge in [0.25, 0.3) is 0 Å². The summed E-state index contributed by atoms with van der Waals surface area (Å²) in [6.45, 7) is 4.10. The van der Waals surface area contributed by atoms with E-state index in [1.54, 1.807) is 19.0 Å². The molecule has 1 aromatic carbocycles. The predicted molar refractivity (Wildman–Crippen MR) is 84.2 cm³/mol. The molecular weight excluding hydrogens is 284 g/mol. The van der Waals surface area contributed by atoms with Crippen molar-refractivity contribution in [3.8, 4) is 0 Å². The lowest BCUT2D eigenvalue weighted by atomic mass is 10.1. The molecule has 0 unspecified atom stereocenters. The molecule has 21 heavy (non-hydrogen) atoms. The number of nitrogens with one attached hydrogen (secondary N) is 1. The summed E-state index contributed by atoms with van der Waals surface area (Å²) in [5, 5.41) is 7.39. The summed E-state index contributed by atoms with van der Waals surface area (Å²) in [6, 6.07) is 9.71. The zero-order valence-corrected chi connectivity index (χ0v) is 13.5. The number of aromatic amines is 1. The van der Waals surface area contributed by atoms with Crippen molar-refractivity contribution in [1.29, 1.82) is 0 Å². The molecule has 0 fully saturated rings. The largest absolute Gasteiger partial charge is 0.348 e. The Morgan fingerprint density at radius 1 is 1.24 bits per heavy atom. The van der Waals surface area contributed by atoms with E-state index in [0.29, 0.717) is 5.16 Å². The maximum atomic E-state index is 12.4. The summed E-state index contributed by atoms with van der Waals surface area (Å²) in [4.78, 5) is 18.5. The fraction of sp³-hybridized carbons (Fsp3) is 0.400. The number of carbonyl (C=O) groups excluding carboxylic acids is 1. The Morgan fingerprint density at radius 2 is 1.90 bits per heavy atom. The first-order valence-electron chi connectivity index (χ1n) is 6.84. The second-order valence-corrected chi connectivity index (χ2v) is 6.37. The summed E-state index contributed by atoms with van der Waals surface area (Å²) in [5.41, 5.74) is 0.956. The van der Waals surface area contributed by atoms with E-state index in [0.717, 1.165) is 11.4 Å². The SMILES string of the molecule is CC(C)c1nc(S[C@H](C(=O)N(C)C)c2ccccc2)n[nH]1. The molecule has 0 spiro atoms. The fourth-order valence-electron chi connectivity index (χ4n) is 1.80. The van der Waals surface area contributed by atoms with Crippen LogP contribution < -0.4 is 0 Å². The Bertz CT molecular complexity index is 595. The van der Waals surface area contributed by atoms with Gasteiger partial charge in [-0.25, -0.2) is 4.98 Å². The number of carbonyl (C=O) groups is 1. The van der Waals surface area contributed by atoms with Crippen molar-refractivity contribution in [2.75, 3.05) is 14.1 Å². The first-order valence-corrected chi connectivity index (χ1v) is 7.72. The quantitative estimate of drug-likeness (QED) is 0.863. The van der Waals surface area contributed by atoms with Crippen molar-refractivity contribution < 1.29 is 4.79 Å². The normalized spacial score (nSPS) is 12.4. The summed E-state index contributed by atoms with van der Waals surface area (Å²) >= 11 is 1.37. The van der Waals surface area contributed by atoms with Crippen LogP contribution in [0, 0.1) is 0 Å². The number of hydrogen-bond donors (Lipinski definition) is 1. The number of rotatable bonds is 5. The molecule has 1 aromatic heterocycles. The third kappa shape index (κ3) is 3.85. The molecule has 2 rings (SSSR count). The van der Waals surface area contributed by atoms with Crippen LogP contribution in [-0.4, -0.2) is 40.1 Å². The van der Waals surface area contributed by atoms with Gasteiger partial charge in [0.05, 0.1) is 0 Å². The van der Waals surface area contributed by atoms with Crippen molar-refractivity contribution in [2.45, 2.75) is 30.2 Å². The third-order valence-corrected chi connectivity index (χ3v) is 4.12. The van der Waals surface area contributed by atoms with E-state index in [9.17, 15) is 4.79 Å². The minimum atomic E-state index is -0.336. The topological polar surface area (TPSA) is 61.9 Å². The van der Waals surface area contributed by atoms with E-state index >= 15 is 0 Å². The summed E-state index contributed by atoms with van der Waals surface area (Å²) in [7, 11) is 3.52. The maximum absolute atomic E-state index is 12.4. The molecule has 1 N–H and O–H groups in total. The number of thioether (sulfide) groups is 1. The molecule has 0 bridgehead atoms. The maximum Gasteiger partial charge on any atom is 0.240 e. The molecule has 1 heterocycles. The highest BCUT2D eigenvalue weighted by Crippen LogP contribution is 2.34. The molecule has 0 saturated carbocycles. The Hall–Kier alpha value is -1.82. The first-order chi connectivity index (χ1) is 9.99. The smallest absolute Gasteiger partial charge is 0.240 e. The van der Waals surface area contributed by atoms with Crippen molar-refractivity contribution >= 4 is 17.7 Å². The molecule has 112 valence electrons. The Morgan fingerprint density at radius 3 is 2.43 bits per heavy atom. The van der Waals surface area contributed by atoms with Crippen LogP contribution in [0.1, 0.15) is 36.4 Å². The van der Waals surface area contributed by atoms with E-state index in [1.807, 2.05) is 30.3 Å². The molecule has 6 heteroatoms. The van der Waals surface area contributed by atoms with Crippen molar-refractivity contribution in [3.63, 3.8) is 0 Å². The minimum Gasteiger partial charge on any atom is -0.348 e. The van der Waals surface area contributed by atoms with Crippen molar-refractivity contribution in [3.05, 3.63) is 41.7 Å². The van der Waals surface area contributed by atoms with Gasteiger partial charge in [0.15, 0.2) is 0 Å². The number of nitrogens with zero attached hydrogens (tertiary/aromatic N) is 3. The van der Waals surface area contributed by atoms with Crippen LogP contribution >= 0.6 is 11.8 Å². The molecule has 1 atom stereocenters. The second-order valence-electron chi connectivity index (χ2n) is 5.30. The monoisotopic (exact) mass is 304 g/mol. The van der Waals surface area contributed by atoms with Crippen molar-refractivity contribution in [2.24, 2.45) is 0 Å². The Kier molecular flexibility index (Phi) is 5.01. The molecule has 0 radical (unpaired) electrons. The highest BCUT2D eigenvalue weighted by atomic mass is 32.2. The van der Waals surface area contributed by atoms with Crippen LogP contribution in [0.15, 0.2) is 35.5 Å². The van der Waals surface area contributed by atoms with E-state index < -0.39 is 0 Å². The van der Waals surface area contributed by atoms with E-state index in [2.05, 4.69) is 29.0 Å². The number of hydrogen-bond acceptors (Lipinski definition) is 4. The average molecular weight is 304 g/mol. The van der Waals surface area contributed by atoms with Crippen LogP contribution in [-0.2, 0) is 4.79 Å². The standard InChI is InChI=1S/C15H20N4OS/c1-10(2)13-16-15(18-17-13)21-12(14(20)19(3)4)11-8-6-5-7-9-11/h5-10,12H,1-4H3,(H,16,17,18)/t12-/m0/s1.